The maximum Gasteiger partial charge on any atom is 0.291 e. The van der Waals surface area contributed by atoms with Gasteiger partial charge in [-0.2, -0.15) is 0 Å². The van der Waals surface area contributed by atoms with Gasteiger partial charge >= 0.3 is 0 Å². The minimum absolute atomic E-state index is 0.0886. The first kappa shape index (κ1) is 25.1. The molecule has 3 aromatic carbocycles. The first-order chi connectivity index (χ1) is 17.7. The average molecular weight is 516 g/mol. The van der Waals surface area contributed by atoms with E-state index in [1.54, 1.807) is 11.0 Å². The lowest BCUT2D eigenvalue weighted by molar-refractivity contribution is 0.0714. The Morgan fingerprint density at radius 1 is 1.03 bits per heavy atom. The highest BCUT2D eigenvalue weighted by atomic mass is 35.5. The summed E-state index contributed by atoms with van der Waals surface area (Å²) in [6, 6.07) is 18.2. The number of ether oxygens (including phenoxy) is 1. The zero-order valence-electron chi connectivity index (χ0n) is 21.5. The number of hydrogen-bond donors (Lipinski definition) is 0. The zero-order valence-corrected chi connectivity index (χ0v) is 22.3. The van der Waals surface area contributed by atoms with Gasteiger partial charge in [0.05, 0.1) is 23.6 Å². The lowest BCUT2D eigenvalue weighted by Crippen LogP contribution is -2.29. The fourth-order valence-electron chi connectivity index (χ4n) is 5.02. The van der Waals surface area contributed by atoms with Crippen LogP contribution in [0.2, 0.25) is 5.02 Å². The van der Waals surface area contributed by atoms with Gasteiger partial charge in [-0.15, -0.1) is 0 Å². The Morgan fingerprint density at radius 3 is 2.57 bits per heavy atom. The monoisotopic (exact) mass is 515 g/mol. The van der Waals surface area contributed by atoms with Gasteiger partial charge in [-0.1, -0.05) is 61.8 Å². The van der Waals surface area contributed by atoms with Gasteiger partial charge in [-0.25, -0.2) is 0 Å². The van der Waals surface area contributed by atoms with Crippen LogP contribution in [0.15, 0.2) is 69.9 Å². The van der Waals surface area contributed by atoms with Crippen molar-refractivity contribution in [2.75, 3.05) is 6.61 Å². The molecule has 37 heavy (non-hydrogen) atoms. The van der Waals surface area contributed by atoms with E-state index in [-0.39, 0.29) is 23.6 Å². The Hall–Kier alpha value is -3.57. The number of nitrogens with zero attached hydrogens (tertiary/aromatic N) is 1. The third-order valence-electron chi connectivity index (χ3n) is 6.85. The van der Waals surface area contributed by atoms with Crippen LogP contribution in [0.25, 0.3) is 11.0 Å². The molecule has 1 aliphatic rings. The van der Waals surface area contributed by atoms with Crippen LogP contribution in [0.3, 0.4) is 0 Å². The van der Waals surface area contributed by atoms with E-state index in [4.69, 9.17) is 20.8 Å². The van der Waals surface area contributed by atoms with Crippen LogP contribution in [-0.2, 0) is 6.54 Å². The predicted octanol–water partition coefficient (Wildman–Crippen LogP) is 7.23. The Morgan fingerprint density at radius 2 is 1.81 bits per heavy atom. The highest BCUT2D eigenvalue weighted by Gasteiger charge is 2.43. The average Bonchev–Trinajstić information content (AvgIpc) is 3.12. The van der Waals surface area contributed by atoms with E-state index in [9.17, 15) is 9.59 Å². The summed E-state index contributed by atoms with van der Waals surface area (Å²) in [4.78, 5) is 29.5. The molecule has 0 N–H and O–H groups in total. The summed E-state index contributed by atoms with van der Waals surface area (Å²) >= 11 is 6.48. The highest BCUT2D eigenvalue weighted by Crippen LogP contribution is 2.41. The minimum atomic E-state index is -0.631. The molecule has 2 heterocycles. The van der Waals surface area contributed by atoms with E-state index >= 15 is 0 Å². The summed E-state index contributed by atoms with van der Waals surface area (Å²) in [5.74, 6) is 0.988. The molecule has 0 radical (unpaired) electrons. The van der Waals surface area contributed by atoms with Gasteiger partial charge in [0, 0.05) is 11.6 Å². The number of carbonyl (C=O) groups is 1. The lowest BCUT2D eigenvalue weighted by atomic mass is 9.96. The third-order valence-corrected chi connectivity index (χ3v) is 7.22. The van der Waals surface area contributed by atoms with Crippen LogP contribution in [-0.4, -0.2) is 17.4 Å². The molecule has 5 nitrogen and oxygen atoms in total. The second-order valence-electron chi connectivity index (χ2n) is 10.2. The van der Waals surface area contributed by atoms with Crippen LogP contribution >= 0.6 is 11.6 Å². The minimum Gasteiger partial charge on any atom is -0.494 e. The highest BCUT2D eigenvalue weighted by molar-refractivity contribution is 6.31. The summed E-state index contributed by atoms with van der Waals surface area (Å²) < 4.78 is 12.2. The van der Waals surface area contributed by atoms with Crippen LogP contribution in [0.5, 0.6) is 5.75 Å². The molecule has 5 rings (SSSR count). The van der Waals surface area contributed by atoms with Crippen molar-refractivity contribution in [1.29, 1.82) is 0 Å². The molecule has 1 amide bonds. The summed E-state index contributed by atoms with van der Waals surface area (Å²) in [7, 11) is 0. The van der Waals surface area contributed by atoms with E-state index in [1.165, 1.54) is 0 Å². The zero-order chi connectivity index (χ0) is 26.3. The molecule has 1 unspecified atom stereocenters. The van der Waals surface area contributed by atoms with Gasteiger partial charge in [0.25, 0.3) is 5.91 Å². The fraction of sp³-hybridized carbons (Fsp3) is 0.290. The maximum absolute atomic E-state index is 14.0. The Balaban J connectivity index is 1.67. The molecule has 0 saturated heterocycles. The topological polar surface area (TPSA) is 59.8 Å². The second kappa shape index (κ2) is 10.1. The number of rotatable bonds is 7. The number of carbonyl (C=O) groups excluding carboxylic acids is 1. The molecular formula is C31H30ClNO4. The lowest BCUT2D eigenvalue weighted by Gasteiger charge is -2.26. The van der Waals surface area contributed by atoms with Crippen LogP contribution in [0.1, 0.15) is 64.7 Å². The van der Waals surface area contributed by atoms with Crippen molar-refractivity contribution in [3.63, 3.8) is 0 Å². The second-order valence-corrected chi connectivity index (χ2v) is 10.6. The van der Waals surface area contributed by atoms with Crippen LogP contribution < -0.4 is 10.2 Å². The summed E-state index contributed by atoms with van der Waals surface area (Å²) in [6.45, 7) is 8.98. The van der Waals surface area contributed by atoms with Crippen molar-refractivity contribution < 1.29 is 13.9 Å². The van der Waals surface area contributed by atoms with Crippen molar-refractivity contribution in [3.05, 3.63) is 109 Å². The Bertz CT molecular complexity index is 1560. The van der Waals surface area contributed by atoms with Crippen LogP contribution in [0, 0.1) is 19.8 Å². The van der Waals surface area contributed by atoms with E-state index in [1.807, 2.05) is 68.4 Å². The van der Waals surface area contributed by atoms with E-state index < -0.39 is 6.04 Å². The molecule has 1 aromatic heterocycles. The standard InChI is InChI=1S/C31H30ClNO4/c1-18(2)12-13-36-23-10-7-9-21(16-23)28-27-29(34)26-20(4)14-19(3)15-25(26)37-30(27)31(35)33(28)17-22-8-5-6-11-24(22)32/h5-11,14-16,18,28H,12-13,17H2,1-4H3. The Kier molecular flexibility index (Phi) is 6.82. The first-order valence-corrected chi connectivity index (χ1v) is 13.0. The summed E-state index contributed by atoms with van der Waals surface area (Å²) in [5.41, 5.74) is 3.98. The molecule has 0 bridgehead atoms. The van der Waals surface area contributed by atoms with Gasteiger partial charge in [0.2, 0.25) is 5.76 Å². The molecule has 0 aliphatic carbocycles. The van der Waals surface area contributed by atoms with E-state index in [2.05, 4.69) is 13.8 Å². The van der Waals surface area contributed by atoms with Crippen molar-refractivity contribution in [2.45, 2.75) is 46.7 Å². The van der Waals surface area contributed by atoms with Crippen molar-refractivity contribution in [3.8, 4) is 5.75 Å². The van der Waals surface area contributed by atoms with Gasteiger partial charge in [0.1, 0.15) is 11.3 Å². The number of fused-ring (bicyclic) bond motifs is 2. The summed E-state index contributed by atoms with van der Waals surface area (Å²) in [5, 5.41) is 1.07. The van der Waals surface area contributed by atoms with Crippen molar-refractivity contribution in [1.82, 2.24) is 4.90 Å². The largest absolute Gasteiger partial charge is 0.494 e. The van der Waals surface area contributed by atoms with Gasteiger partial charge < -0.3 is 14.1 Å². The molecule has 6 heteroatoms. The van der Waals surface area contributed by atoms with Gasteiger partial charge in [0.15, 0.2) is 5.43 Å². The summed E-state index contributed by atoms with van der Waals surface area (Å²) in [6.07, 6.45) is 0.932. The molecule has 1 aliphatic heterocycles. The van der Waals surface area contributed by atoms with Crippen molar-refractivity contribution >= 4 is 28.5 Å². The van der Waals surface area contributed by atoms with E-state index in [0.717, 1.165) is 28.7 Å². The molecule has 190 valence electrons. The molecular weight excluding hydrogens is 486 g/mol. The van der Waals surface area contributed by atoms with Crippen molar-refractivity contribution in [2.24, 2.45) is 5.92 Å². The van der Waals surface area contributed by atoms with Gasteiger partial charge in [-0.05, 0) is 72.7 Å². The smallest absolute Gasteiger partial charge is 0.291 e. The van der Waals surface area contributed by atoms with Crippen LogP contribution in [0.4, 0.5) is 0 Å². The Labute approximate surface area is 221 Å². The normalized spacial score (nSPS) is 15.0. The maximum atomic E-state index is 14.0. The predicted molar refractivity (Wildman–Crippen MR) is 147 cm³/mol. The molecule has 0 fully saturated rings. The van der Waals surface area contributed by atoms with E-state index in [0.29, 0.717) is 39.8 Å². The number of hydrogen-bond acceptors (Lipinski definition) is 4. The number of amides is 1. The number of halogens is 1. The number of benzene rings is 3. The number of aryl methyl sites for hydroxylation is 2. The SMILES string of the molecule is Cc1cc(C)c2c(=O)c3c(oc2c1)C(=O)N(Cc1ccccc1Cl)C3c1cccc(OCCC(C)C)c1. The third kappa shape index (κ3) is 4.76. The van der Waals surface area contributed by atoms with Gasteiger partial charge in [-0.3, -0.25) is 9.59 Å². The molecule has 4 aromatic rings. The fourth-order valence-corrected chi connectivity index (χ4v) is 5.22. The molecule has 0 spiro atoms. The first-order valence-electron chi connectivity index (χ1n) is 12.6. The quantitative estimate of drug-likeness (QED) is 0.260. The molecule has 0 saturated carbocycles. The molecule has 1 atom stereocenters.